The van der Waals surface area contributed by atoms with Gasteiger partial charge in [-0.2, -0.15) is 0 Å². The summed E-state index contributed by atoms with van der Waals surface area (Å²) in [6.07, 6.45) is 3.27. The molecule has 1 heterocycles. The summed E-state index contributed by atoms with van der Waals surface area (Å²) >= 11 is 2.30. The predicted octanol–water partition coefficient (Wildman–Crippen LogP) is 3.01. The molecule has 0 radical (unpaired) electrons. The molecule has 0 amide bonds. The van der Waals surface area contributed by atoms with Gasteiger partial charge in [-0.05, 0) is 6.92 Å². The number of aromatic nitrogens is 2. The Morgan fingerprint density at radius 3 is 2.46 bits per heavy atom. The van der Waals surface area contributed by atoms with Gasteiger partial charge in [0.05, 0.1) is 7.11 Å². The van der Waals surface area contributed by atoms with Gasteiger partial charge in [0.2, 0.25) is 5.88 Å². The van der Waals surface area contributed by atoms with Gasteiger partial charge in [-0.15, -0.1) is 0 Å². The highest BCUT2D eigenvalue weighted by molar-refractivity contribution is 14.1. The number of hydrogen-bond acceptors (Lipinski definition) is 3. The van der Waals surface area contributed by atoms with Crippen molar-refractivity contribution in [2.75, 3.05) is 7.11 Å². The van der Waals surface area contributed by atoms with Crippen molar-refractivity contribution in [2.45, 2.75) is 24.7 Å². The zero-order chi connectivity index (χ0) is 10.3. The minimum atomic E-state index is 0.378. The molecular formula is C9H15IN2O. The standard InChI is InChI=1S/C7H9IN2O.C2H6/c1-5(8)6-3-9-4-10-7(6)11-2;1-2/h3-5H,1-2H3;1-2H3. The fourth-order valence-corrected chi connectivity index (χ4v) is 1.20. The fraction of sp³-hybridized carbons (Fsp3) is 0.556. The molecule has 1 atom stereocenters. The summed E-state index contributed by atoms with van der Waals surface area (Å²) in [5, 5.41) is 0. The first-order chi connectivity index (χ1) is 6.25. The summed E-state index contributed by atoms with van der Waals surface area (Å²) in [6, 6.07) is 0. The second-order valence-corrected chi connectivity index (χ2v) is 3.97. The van der Waals surface area contributed by atoms with Crippen LogP contribution in [0.4, 0.5) is 0 Å². The Hall–Kier alpha value is -0.390. The number of methoxy groups -OCH3 is 1. The lowest BCUT2D eigenvalue weighted by molar-refractivity contribution is 0.392. The lowest BCUT2D eigenvalue weighted by Gasteiger charge is -2.06. The molecule has 13 heavy (non-hydrogen) atoms. The largest absolute Gasteiger partial charge is 0.481 e. The van der Waals surface area contributed by atoms with Crippen LogP contribution in [0.3, 0.4) is 0 Å². The first-order valence-electron chi connectivity index (χ1n) is 4.23. The van der Waals surface area contributed by atoms with Crippen molar-refractivity contribution in [1.29, 1.82) is 0 Å². The van der Waals surface area contributed by atoms with Crippen molar-refractivity contribution in [3.63, 3.8) is 0 Å². The smallest absolute Gasteiger partial charge is 0.220 e. The van der Waals surface area contributed by atoms with Gasteiger partial charge < -0.3 is 4.74 Å². The number of hydrogen-bond donors (Lipinski definition) is 0. The zero-order valence-electron chi connectivity index (χ0n) is 8.41. The maximum Gasteiger partial charge on any atom is 0.220 e. The van der Waals surface area contributed by atoms with E-state index in [2.05, 4.69) is 39.5 Å². The Kier molecular flexibility index (Phi) is 6.84. The number of ether oxygens (including phenoxy) is 1. The SMILES string of the molecule is CC.COc1ncncc1C(C)I. The predicted molar refractivity (Wildman–Crippen MR) is 62.4 cm³/mol. The van der Waals surface area contributed by atoms with E-state index in [1.807, 2.05) is 13.8 Å². The molecule has 74 valence electrons. The lowest BCUT2D eigenvalue weighted by atomic mass is 10.2. The van der Waals surface area contributed by atoms with Crippen LogP contribution in [-0.2, 0) is 0 Å². The summed E-state index contributed by atoms with van der Waals surface area (Å²) in [6.45, 7) is 6.07. The Labute approximate surface area is 93.1 Å². The van der Waals surface area contributed by atoms with E-state index >= 15 is 0 Å². The third kappa shape index (κ3) is 3.89. The summed E-state index contributed by atoms with van der Waals surface area (Å²) in [5.74, 6) is 0.668. The summed E-state index contributed by atoms with van der Waals surface area (Å²) in [7, 11) is 1.62. The van der Waals surface area contributed by atoms with E-state index in [0.29, 0.717) is 9.80 Å². The molecule has 0 saturated heterocycles. The first kappa shape index (κ1) is 12.6. The minimum absolute atomic E-state index is 0.378. The van der Waals surface area contributed by atoms with E-state index in [4.69, 9.17) is 4.74 Å². The monoisotopic (exact) mass is 294 g/mol. The van der Waals surface area contributed by atoms with Crippen molar-refractivity contribution in [2.24, 2.45) is 0 Å². The normalized spacial score (nSPS) is 11.2. The molecule has 0 bridgehead atoms. The van der Waals surface area contributed by atoms with Crippen LogP contribution in [0.25, 0.3) is 0 Å². The Balaban J connectivity index is 0.000000671. The third-order valence-electron chi connectivity index (χ3n) is 1.32. The van der Waals surface area contributed by atoms with Crippen LogP contribution in [0.2, 0.25) is 0 Å². The minimum Gasteiger partial charge on any atom is -0.481 e. The Morgan fingerprint density at radius 2 is 2.08 bits per heavy atom. The molecule has 4 heteroatoms. The van der Waals surface area contributed by atoms with Gasteiger partial charge in [0.25, 0.3) is 0 Å². The van der Waals surface area contributed by atoms with Crippen molar-refractivity contribution in [1.82, 2.24) is 9.97 Å². The van der Waals surface area contributed by atoms with Gasteiger partial charge in [0.15, 0.2) is 0 Å². The maximum absolute atomic E-state index is 5.05. The van der Waals surface area contributed by atoms with Crippen LogP contribution in [0, 0.1) is 0 Å². The number of halogens is 1. The van der Waals surface area contributed by atoms with Gasteiger partial charge in [0, 0.05) is 15.7 Å². The molecule has 1 unspecified atom stereocenters. The average molecular weight is 294 g/mol. The highest BCUT2D eigenvalue weighted by atomic mass is 127. The van der Waals surface area contributed by atoms with Crippen LogP contribution >= 0.6 is 22.6 Å². The van der Waals surface area contributed by atoms with Crippen molar-refractivity contribution in [3.8, 4) is 5.88 Å². The number of rotatable bonds is 2. The fourth-order valence-electron chi connectivity index (χ4n) is 0.773. The van der Waals surface area contributed by atoms with Crippen LogP contribution in [0.15, 0.2) is 12.5 Å². The molecule has 0 aliphatic carbocycles. The highest BCUT2D eigenvalue weighted by Crippen LogP contribution is 2.27. The molecule has 3 nitrogen and oxygen atoms in total. The van der Waals surface area contributed by atoms with Gasteiger partial charge in [0.1, 0.15) is 6.33 Å². The van der Waals surface area contributed by atoms with Crippen molar-refractivity contribution in [3.05, 3.63) is 18.1 Å². The van der Waals surface area contributed by atoms with Gasteiger partial charge in [-0.3, -0.25) is 0 Å². The van der Waals surface area contributed by atoms with E-state index in [-0.39, 0.29) is 0 Å². The second-order valence-electron chi connectivity index (χ2n) is 2.10. The Morgan fingerprint density at radius 1 is 1.46 bits per heavy atom. The molecule has 0 aromatic carbocycles. The topological polar surface area (TPSA) is 35.0 Å². The average Bonchev–Trinajstić information content (AvgIpc) is 2.20. The van der Waals surface area contributed by atoms with Crippen LogP contribution in [0.1, 0.15) is 30.3 Å². The summed E-state index contributed by atoms with van der Waals surface area (Å²) < 4.78 is 5.43. The summed E-state index contributed by atoms with van der Waals surface area (Å²) in [5.41, 5.74) is 1.04. The van der Waals surface area contributed by atoms with E-state index in [1.165, 1.54) is 6.33 Å². The molecule has 1 aromatic heterocycles. The van der Waals surface area contributed by atoms with E-state index in [9.17, 15) is 0 Å². The molecule has 0 aliphatic rings. The molecule has 1 rings (SSSR count). The Bertz CT molecular complexity index is 241. The van der Waals surface area contributed by atoms with E-state index in [1.54, 1.807) is 13.3 Å². The van der Waals surface area contributed by atoms with Crippen molar-refractivity contribution < 1.29 is 4.74 Å². The molecule has 0 aliphatic heterocycles. The molecule has 1 aromatic rings. The molecule has 0 spiro atoms. The van der Waals surface area contributed by atoms with Crippen LogP contribution in [0.5, 0.6) is 5.88 Å². The molecule has 0 N–H and O–H groups in total. The number of nitrogens with zero attached hydrogens (tertiary/aromatic N) is 2. The molecule has 0 fully saturated rings. The van der Waals surface area contributed by atoms with Gasteiger partial charge in [-0.1, -0.05) is 36.4 Å². The first-order valence-corrected chi connectivity index (χ1v) is 5.48. The van der Waals surface area contributed by atoms with Crippen LogP contribution < -0.4 is 4.74 Å². The third-order valence-corrected chi connectivity index (χ3v) is 2.00. The highest BCUT2D eigenvalue weighted by Gasteiger charge is 2.08. The molecular weight excluding hydrogens is 279 g/mol. The van der Waals surface area contributed by atoms with E-state index < -0.39 is 0 Å². The lowest BCUT2D eigenvalue weighted by Crippen LogP contribution is -1.95. The summed E-state index contributed by atoms with van der Waals surface area (Å²) in [4.78, 5) is 7.90. The maximum atomic E-state index is 5.05. The second kappa shape index (κ2) is 7.06. The number of alkyl halides is 1. The van der Waals surface area contributed by atoms with Gasteiger partial charge >= 0.3 is 0 Å². The van der Waals surface area contributed by atoms with Gasteiger partial charge in [-0.25, -0.2) is 9.97 Å². The van der Waals surface area contributed by atoms with Crippen LogP contribution in [-0.4, -0.2) is 17.1 Å². The quantitative estimate of drug-likeness (QED) is 0.621. The zero-order valence-corrected chi connectivity index (χ0v) is 10.6. The molecule has 0 saturated carbocycles. The van der Waals surface area contributed by atoms with Crippen molar-refractivity contribution >= 4 is 22.6 Å². The van der Waals surface area contributed by atoms with E-state index in [0.717, 1.165) is 5.56 Å².